The Morgan fingerprint density at radius 2 is 1.47 bits per heavy atom. The molecule has 0 bridgehead atoms. The van der Waals surface area contributed by atoms with E-state index in [9.17, 15) is 0 Å². The Balaban J connectivity index is 1.36. The molecule has 0 saturated heterocycles. The maximum Gasteiger partial charge on any atom is 0.137 e. The van der Waals surface area contributed by atoms with Crippen LogP contribution in [0.4, 0.5) is 0 Å². The van der Waals surface area contributed by atoms with Crippen LogP contribution in [-0.2, 0) is 19.3 Å². The summed E-state index contributed by atoms with van der Waals surface area (Å²) in [6.07, 6.45) is 9.17. The molecule has 4 aromatic carbocycles. The van der Waals surface area contributed by atoms with Gasteiger partial charge in [0.05, 0.1) is 28.1 Å². The van der Waals surface area contributed by atoms with Crippen molar-refractivity contribution in [3.8, 4) is 34.1 Å². The van der Waals surface area contributed by atoms with Crippen molar-refractivity contribution >= 4 is 27.4 Å². The van der Waals surface area contributed by atoms with E-state index in [4.69, 9.17) is 14.8 Å². The highest BCUT2D eigenvalue weighted by atomic mass is 16.5. The van der Waals surface area contributed by atoms with Crippen LogP contribution in [0.15, 0.2) is 97.7 Å². The first-order valence-corrected chi connectivity index (χ1v) is 19.4. The van der Waals surface area contributed by atoms with Crippen LogP contribution in [-0.4, -0.2) is 19.3 Å². The van der Waals surface area contributed by atoms with Crippen molar-refractivity contribution in [2.45, 2.75) is 93.4 Å². The molecule has 0 radical (unpaired) electrons. The van der Waals surface area contributed by atoms with E-state index >= 15 is 0 Å². The molecule has 5 nitrogen and oxygen atoms in total. The van der Waals surface area contributed by atoms with Crippen molar-refractivity contribution in [2.75, 3.05) is 0 Å². The Labute approximate surface area is 315 Å². The van der Waals surface area contributed by atoms with E-state index in [1.54, 1.807) is 0 Å². The number of rotatable bonds is 13. The summed E-state index contributed by atoms with van der Waals surface area (Å²) in [5.74, 6) is 2.44. The lowest BCUT2D eigenvalue weighted by molar-refractivity contribution is 0.482. The zero-order valence-electron chi connectivity index (χ0n) is 32.5. The van der Waals surface area contributed by atoms with E-state index in [1.807, 2.05) is 6.20 Å². The van der Waals surface area contributed by atoms with Gasteiger partial charge in [-0.05, 0) is 124 Å². The van der Waals surface area contributed by atoms with Crippen LogP contribution in [0, 0.1) is 20.8 Å². The molecular weight excluding hydrogens is 649 g/mol. The van der Waals surface area contributed by atoms with Crippen LogP contribution in [0.3, 0.4) is 0 Å². The fourth-order valence-electron chi connectivity index (χ4n) is 7.99. The third-order valence-electron chi connectivity index (χ3n) is 10.3. The number of ether oxygens (including phenoxy) is 1. The Kier molecular flexibility index (Phi) is 10.4. The van der Waals surface area contributed by atoms with Crippen molar-refractivity contribution < 1.29 is 4.74 Å². The van der Waals surface area contributed by atoms with Gasteiger partial charge in [-0.1, -0.05) is 88.1 Å². The third-order valence-corrected chi connectivity index (χ3v) is 10.3. The van der Waals surface area contributed by atoms with Gasteiger partial charge < -0.3 is 4.74 Å². The van der Waals surface area contributed by atoms with Crippen LogP contribution >= 0.6 is 0 Å². The topological polar surface area (TPSA) is 44.9 Å². The molecule has 0 spiro atoms. The molecule has 270 valence electrons. The lowest BCUT2D eigenvalue weighted by Crippen LogP contribution is -2.05. The summed E-state index contributed by atoms with van der Waals surface area (Å²) in [5.41, 5.74) is 15.4. The second-order valence-corrected chi connectivity index (χ2v) is 14.7. The summed E-state index contributed by atoms with van der Waals surface area (Å²) in [6, 6.07) is 30.4. The van der Waals surface area contributed by atoms with Gasteiger partial charge in [-0.25, -0.2) is 9.67 Å². The molecule has 7 rings (SSSR count). The number of fused-ring (bicyclic) bond motifs is 3. The highest BCUT2D eigenvalue weighted by Gasteiger charge is 2.23. The zero-order valence-corrected chi connectivity index (χ0v) is 32.5. The quantitative estimate of drug-likeness (QED) is 0.120. The number of para-hydroxylation sites is 1. The molecule has 0 N–H and O–H groups in total. The number of hydrogen-bond acceptors (Lipinski definition) is 3. The minimum Gasteiger partial charge on any atom is -0.457 e. The fraction of sp³-hybridized carbons (Fsp3) is 0.292. The number of unbranched alkanes of at least 4 members (excludes halogenated alkanes) is 1. The normalized spacial score (nSPS) is 11.5. The standard InChI is InChI=1S/C48H52N4O/c1-9-12-17-35-22-23-49-46(26-35)51-43-19-14-13-18-40(43)41-21-20-38(30-45(41)51)53-39-28-36(31(4)5)27-37(29-39)52-44(16-11-3)48(42(50-52)15-10-2)47-33(7)24-32(6)25-34(47)8/h13-14,18-30H,4,9-12,15-17H2,1-3,5-8H3. The second kappa shape index (κ2) is 15.3. The van der Waals surface area contributed by atoms with E-state index in [2.05, 4.69) is 149 Å². The zero-order chi connectivity index (χ0) is 37.2. The van der Waals surface area contributed by atoms with Gasteiger partial charge in [-0.2, -0.15) is 5.10 Å². The molecule has 0 fully saturated rings. The number of aromatic nitrogens is 4. The van der Waals surface area contributed by atoms with E-state index < -0.39 is 0 Å². The maximum atomic E-state index is 6.81. The molecule has 0 unspecified atom stereocenters. The summed E-state index contributed by atoms with van der Waals surface area (Å²) < 4.78 is 11.3. The average Bonchev–Trinajstić information content (AvgIpc) is 3.65. The van der Waals surface area contributed by atoms with E-state index in [-0.39, 0.29) is 0 Å². The van der Waals surface area contributed by atoms with Gasteiger partial charge in [-0.15, -0.1) is 0 Å². The first kappa shape index (κ1) is 36.0. The molecule has 3 aromatic heterocycles. The van der Waals surface area contributed by atoms with Crippen molar-refractivity contribution in [1.29, 1.82) is 0 Å². The van der Waals surface area contributed by atoms with Crippen LogP contribution in [0.2, 0.25) is 0 Å². The van der Waals surface area contributed by atoms with E-state index in [1.165, 1.54) is 49.8 Å². The smallest absolute Gasteiger partial charge is 0.137 e. The predicted octanol–water partition coefficient (Wildman–Crippen LogP) is 13.0. The van der Waals surface area contributed by atoms with Crippen LogP contribution in [0.25, 0.3) is 50.0 Å². The molecule has 0 aliphatic rings. The number of hydrogen-bond donors (Lipinski definition) is 0. The molecule has 53 heavy (non-hydrogen) atoms. The molecule has 0 aliphatic carbocycles. The minimum absolute atomic E-state index is 0.751. The summed E-state index contributed by atoms with van der Waals surface area (Å²) in [7, 11) is 0. The molecule has 0 atom stereocenters. The summed E-state index contributed by atoms with van der Waals surface area (Å²) in [5, 5.41) is 7.74. The number of nitrogens with zero attached hydrogens (tertiary/aromatic N) is 4. The third kappa shape index (κ3) is 7.05. The fourth-order valence-corrected chi connectivity index (χ4v) is 7.99. The lowest BCUT2D eigenvalue weighted by atomic mass is 9.90. The van der Waals surface area contributed by atoms with Crippen molar-refractivity contribution in [3.63, 3.8) is 0 Å². The summed E-state index contributed by atoms with van der Waals surface area (Å²) in [6.45, 7) is 19.8. The molecule has 0 amide bonds. The van der Waals surface area contributed by atoms with E-state index in [0.717, 1.165) is 95.8 Å². The van der Waals surface area contributed by atoms with E-state index in [0.29, 0.717) is 0 Å². The van der Waals surface area contributed by atoms with Gasteiger partial charge in [-0.3, -0.25) is 4.57 Å². The largest absolute Gasteiger partial charge is 0.457 e. The molecule has 7 aromatic rings. The summed E-state index contributed by atoms with van der Waals surface area (Å²) in [4.78, 5) is 4.87. The molecule has 3 heterocycles. The Bertz CT molecular complexity index is 2440. The number of aryl methyl sites for hydroxylation is 5. The number of allylic oxidation sites excluding steroid dienone is 1. The monoisotopic (exact) mass is 700 g/mol. The van der Waals surface area contributed by atoms with Gasteiger partial charge >= 0.3 is 0 Å². The van der Waals surface area contributed by atoms with Crippen molar-refractivity contribution in [1.82, 2.24) is 19.3 Å². The first-order valence-electron chi connectivity index (χ1n) is 19.4. The lowest BCUT2D eigenvalue weighted by Gasteiger charge is -2.16. The molecule has 5 heteroatoms. The Hall–Kier alpha value is -5.42. The van der Waals surface area contributed by atoms with Gasteiger partial charge in [0.1, 0.15) is 17.3 Å². The number of pyridine rings is 1. The SMILES string of the molecule is C=C(C)c1cc(Oc2ccc3c4ccccc4n(-c4cc(CCCC)ccn4)c3c2)cc(-n2nc(CCC)c(-c3c(C)cc(C)cc3C)c2CCC)c1. The second-order valence-electron chi connectivity index (χ2n) is 14.7. The van der Waals surface area contributed by atoms with Crippen LogP contribution < -0.4 is 4.74 Å². The average molecular weight is 701 g/mol. The molecule has 0 saturated carbocycles. The Morgan fingerprint density at radius 1 is 0.717 bits per heavy atom. The van der Waals surface area contributed by atoms with Crippen molar-refractivity contribution in [2.24, 2.45) is 0 Å². The Morgan fingerprint density at radius 3 is 2.21 bits per heavy atom. The van der Waals surface area contributed by atoms with Gasteiger partial charge in [0.2, 0.25) is 0 Å². The summed E-state index contributed by atoms with van der Waals surface area (Å²) >= 11 is 0. The van der Waals surface area contributed by atoms with Gasteiger partial charge in [0.15, 0.2) is 0 Å². The number of benzene rings is 4. The maximum absolute atomic E-state index is 6.81. The molecule has 0 aliphatic heterocycles. The highest BCUT2D eigenvalue weighted by molar-refractivity contribution is 6.09. The molecular formula is C48H52N4O. The minimum atomic E-state index is 0.751. The van der Waals surface area contributed by atoms with Crippen LogP contribution in [0.1, 0.15) is 92.6 Å². The van der Waals surface area contributed by atoms with Crippen molar-refractivity contribution in [3.05, 3.63) is 137 Å². The first-order chi connectivity index (χ1) is 25.7. The van der Waals surface area contributed by atoms with Crippen LogP contribution in [0.5, 0.6) is 11.5 Å². The predicted molar refractivity (Wildman–Crippen MR) is 223 cm³/mol. The van der Waals surface area contributed by atoms with Gasteiger partial charge in [0.25, 0.3) is 0 Å². The highest BCUT2D eigenvalue weighted by Crippen LogP contribution is 2.39. The van der Waals surface area contributed by atoms with Gasteiger partial charge in [0, 0.05) is 34.7 Å².